The van der Waals surface area contributed by atoms with E-state index in [1.165, 1.54) is 31.2 Å². The molecule has 4 heteroatoms. The Kier molecular flexibility index (Phi) is 5.80. The third-order valence-electron chi connectivity index (χ3n) is 7.03. The zero-order valence-corrected chi connectivity index (χ0v) is 16.3. The molecule has 2 amide bonds. The highest BCUT2D eigenvalue weighted by Crippen LogP contribution is 2.36. The summed E-state index contributed by atoms with van der Waals surface area (Å²) in [6.45, 7) is 3.03. The van der Waals surface area contributed by atoms with Gasteiger partial charge in [-0.2, -0.15) is 0 Å². The molecule has 2 atom stereocenters. The Morgan fingerprint density at radius 1 is 0.778 bits per heavy atom. The van der Waals surface area contributed by atoms with Crippen LogP contribution >= 0.6 is 0 Å². The normalized spacial score (nSPS) is 26.5. The summed E-state index contributed by atoms with van der Waals surface area (Å²) in [4.78, 5) is 29.2. The minimum atomic E-state index is -0.262. The lowest BCUT2D eigenvalue weighted by molar-refractivity contribution is -0.154. The van der Waals surface area contributed by atoms with Gasteiger partial charge in [0.25, 0.3) is 0 Å². The van der Waals surface area contributed by atoms with Gasteiger partial charge >= 0.3 is 11.8 Å². The van der Waals surface area contributed by atoms with E-state index in [4.69, 9.17) is 0 Å². The van der Waals surface area contributed by atoms with Gasteiger partial charge in [0.15, 0.2) is 0 Å². The maximum Gasteiger partial charge on any atom is 0.312 e. The van der Waals surface area contributed by atoms with Crippen LogP contribution in [0.25, 0.3) is 0 Å². The van der Waals surface area contributed by atoms with Crippen molar-refractivity contribution in [1.29, 1.82) is 0 Å². The molecule has 0 bridgehead atoms. The second-order valence-corrected chi connectivity index (χ2v) is 8.77. The van der Waals surface area contributed by atoms with Crippen molar-refractivity contribution in [3.63, 3.8) is 0 Å². The van der Waals surface area contributed by atoms with Gasteiger partial charge in [0.2, 0.25) is 0 Å². The molecule has 146 valence electrons. The number of amides is 2. The second kappa shape index (κ2) is 8.45. The molecule has 2 aliphatic heterocycles. The standard InChI is InChI=1S/C23H32N2O2/c26-22(23(27)25-15-12-20-8-4-5-9-21(20)17-25)24-13-10-19(11-14-24)16-18-6-2-1-3-7-18/h1-3,6-7,19-21H,4-5,8-17H2. The van der Waals surface area contributed by atoms with E-state index in [2.05, 4.69) is 24.3 Å². The van der Waals surface area contributed by atoms with Crippen molar-refractivity contribution in [1.82, 2.24) is 9.80 Å². The topological polar surface area (TPSA) is 40.6 Å². The summed E-state index contributed by atoms with van der Waals surface area (Å²) in [5.41, 5.74) is 1.37. The summed E-state index contributed by atoms with van der Waals surface area (Å²) in [6, 6.07) is 10.6. The number of nitrogens with zero attached hydrogens (tertiary/aromatic N) is 2. The Morgan fingerprint density at radius 2 is 1.41 bits per heavy atom. The maximum absolute atomic E-state index is 12.8. The van der Waals surface area contributed by atoms with Gasteiger partial charge in [0, 0.05) is 26.2 Å². The van der Waals surface area contributed by atoms with Crippen LogP contribution in [0.4, 0.5) is 0 Å². The van der Waals surface area contributed by atoms with Crippen LogP contribution in [-0.2, 0) is 16.0 Å². The van der Waals surface area contributed by atoms with E-state index in [-0.39, 0.29) is 11.8 Å². The minimum absolute atomic E-state index is 0.250. The summed E-state index contributed by atoms with van der Waals surface area (Å²) in [7, 11) is 0. The summed E-state index contributed by atoms with van der Waals surface area (Å²) in [5, 5.41) is 0. The number of carbonyl (C=O) groups excluding carboxylic acids is 2. The van der Waals surface area contributed by atoms with Gasteiger partial charge in [-0.1, -0.05) is 49.6 Å². The lowest BCUT2D eigenvalue weighted by Gasteiger charge is -2.41. The molecule has 0 N–H and O–H groups in total. The van der Waals surface area contributed by atoms with Crippen molar-refractivity contribution in [3.05, 3.63) is 35.9 Å². The second-order valence-electron chi connectivity index (χ2n) is 8.77. The number of benzene rings is 1. The van der Waals surface area contributed by atoms with E-state index in [1.807, 2.05) is 11.0 Å². The Morgan fingerprint density at radius 3 is 2.15 bits per heavy atom. The molecule has 0 aromatic heterocycles. The zero-order valence-electron chi connectivity index (χ0n) is 16.3. The van der Waals surface area contributed by atoms with Gasteiger partial charge < -0.3 is 9.80 Å². The molecule has 1 aromatic carbocycles. The average Bonchev–Trinajstić information content (AvgIpc) is 2.73. The summed E-state index contributed by atoms with van der Waals surface area (Å²) < 4.78 is 0. The molecule has 2 saturated heterocycles. The molecule has 27 heavy (non-hydrogen) atoms. The van der Waals surface area contributed by atoms with E-state index in [0.717, 1.165) is 57.8 Å². The summed E-state index contributed by atoms with van der Waals surface area (Å²) in [6.07, 6.45) is 9.33. The monoisotopic (exact) mass is 368 g/mol. The third-order valence-corrected chi connectivity index (χ3v) is 7.03. The lowest BCUT2D eigenvalue weighted by atomic mass is 9.75. The molecule has 2 unspecified atom stereocenters. The molecule has 4 rings (SSSR count). The lowest BCUT2D eigenvalue weighted by Crippen LogP contribution is -2.52. The highest BCUT2D eigenvalue weighted by atomic mass is 16.2. The van der Waals surface area contributed by atoms with Crippen LogP contribution in [0.15, 0.2) is 30.3 Å². The van der Waals surface area contributed by atoms with Crippen molar-refractivity contribution in [2.75, 3.05) is 26.2 Å². The van der Waals surface area contributed by atoms with Crippen molar-refractivity contribution in [2.45, 2.75) is 51.4 Å². The van der Waals surface area contributed by atoms with Crippen molar-refractivity contribution in [2.24, 2.45) is 17.8 Å². The molecular formula is C23H32N2O2. The van der Waals surface area contributed by atoms with E-state index in [9.17, 15) is 9.59 Å². The molecule has 2 heterocycles. The van der Waals surface area contributed by atoms with Gasteiger partial charge in [-0.25, -0.2) is 0 Å². The van der Waals surface area contributed by atoms with Crippen LogP contribution in [0.1, 0.15) is 50.5 Å². The van der Waals surface area contributed by atoms with Crippen LogP contribution in [0, 0.1) is 17.8 Å². The van der Waals surface area contributed by atoms with Crippen molar-refractivity contribution < 1.29 is 9.59 Å². The fraction of sp³-hybridized carbons (Fsp3) is 0.652. The smallest absolute Gasteiger partial charge is 0.312 e. The molecule has 1 saturated carbocycles. The van der Waals surface area contributed by atoms with Gasteiger partial charge in [-0.05, 0) is 55.4 Å². The number of hydrogen-bond acceptors (Lipinski definition) is 2. The van der Waals surface area contributed by atoms with Gasteiger partial charge in [-0.15, -0.1) is 0 Å². The molecule has 4 nitrogen and oxygen atoms in total. The number of rotatable bonds is 2. The predicted molar refractivity (Wildman–Crippen MR) is 106 cm³/mol. The summed E-state index contributed by atoms with van der Waals surface area (Å²) >= 11 is 0. The fourth-order valence-corrected chi connectivity index (χ4v) is 5.34. The first-order valence-corrected chi connectivity index (χ1v) is 10.8. The van der Waals surface area contributed by atoms with Crippen molar-refractivity contribution >= 4 is 11.8 Å². The highest BCUT2D eigenvalue weighted by Gasteiger charge is 2.36. The van der Waals surface area contributed by atoms with E-state index in [1.54, 1.807) is 4.90 Å². The first-order valence-electron chi connectivity index (χ1n) is 10.8. The van der Waals surface area contributed by atoms with E-state index < -0.39 is 0 Å². The number of likely N-dealkylation sites (tertiary alicyclic amines) is 2. The quantitative estimate of drug-likeness (QED) is 0.750. The van der Waals surface area contributed by atoms with Gasteiger partial charge in [0.1, 0.15) is 0 Å². The Labute approximate surface area is 162 Å². The highest BCUT2D eigenvalue weighted by molar-refractivity contribution is 6.34. The van der Waals surface area contributed by atoms with Crippen molar-refractivity contribution in [3.8, 4) is 0 Å². The van der Waals surface area contributed by atoms with Crippen LogP contribution in [0.2, 0.25) is 0 Å². The molecular weight excluding hydrogens is 336 g/mol. The molecule has 1 aliphatic carbocycles. The number of piperidine rings is 2. The van der Waals surface area contributed by atoms with Crippen LogP contribution in [0.3, 0.4) is 0 Å². The Bertz CT molecular complexity index is 652. The maximum atomic E-state index is 12.8. The van der Waals surface area contributed by atoms with Crippen LogP contribution in [-0.4, -0.2) is 47.8 Å². The van der Waals surface area contributed by atoms with Gasteiger partial charge in [0.05, 0.1) is 0 Å². The van der Waals surface area contributed by atoms with Crippen LogP contribution in [0.5, 0.6) is 0 Å². The largest absolute Gasteiger partial charge is 0.334 e. The number of hydrogen-bond donors (Lipinski definition) is 0. The third kappa shape index (κ3) is 4.36. The minimum Gasteiger partial charge on any atom is -0.334 e. The molecule has 0 radical (unpaired) electrons. The van der Waals surface area contributed by atoms with E-state index in [0.29, 0.717) is 11.8 Å². The van der Waals surface area contributed by atoms with E-state index >= 15 is 0 Å². The zero-order chi connectivity index (χ0) is 18.6. The summed E-state index contributed by atoms with van der Waals surface area (Å²) in [5.74, 6) is 1.51. The number of fused-ring (bicyclic) bond motifs is 1. The molecule has 1 aromatic rings. The number of carbonyl (C=O) groups is 2. The molecule has 0 spiro atoms. The Hall–Kier alpha value is -1.84. The fourth-order valence-electron chi connectivity index (χ4n) is 5.34. The molecule has 3 fully saturated rings. The average molecular weight is 369 g/mol. The van der Waals surface area contributed by atoms with Crippen LogP contribution < -0.4 is 0 Å². The molecule has 3 aliphatic rings. The Balaban J connectivity index is 1.27. The first-order chi connectivity index (χ1) is 13.2. The predicted octanol–water partition coefficient (Wildman–Crippen LogP) is 3.51. The van der Waals surface area contributed by atoms with Gasteiger partial charge in [-0.3, -0.25) is 9.59 Å². The SMILES string of the molecule is O=C(C(=O)N1CCC2CCCCC2C1)N1CCC(Cc2ccccc2)CC1. The first kappa shape index (κ1) is 18.5.